The smallest absolute Gasteiger partial charge is 0.335 e. The minimum Gasteiger partial charge on any atom is -0.478 e. The molecule has 0 saturated carbocycles. The molecule has 0 unspecified atom stereocenters. The van der Waals surface area contributed by atoms with Crippen LogP contribution in [0.25, 0.3) is 5.69 Å². The van der Waals surface area contributed by atoms with Crippen LogP contribution in [-0.2, 0) is 0 Å². The normalized spacial score (nSPS) is 10.6. The number of hydrogen-bond donors (Lipinski definition) is 1. The fourth-order valence-corrected chi connectivity index (χ4v) is 2.41. The molecule has 0 amide bonds. The van der Waals surface area contributed by atoms with Crippen LogP contribution in [0.5, 0.6) is 0 Å². The second kappa shape index (κ2) is 5.51. The first-order valence-electron chi connectivity index (χ1n) is 6.07. The van der Waals surface area contributed by atoms with Crippen LogP contribution in [0.1, 0.15) is 32.1 Å². The first kappa shape index (κ1) is 14.3. The van der Waals surface area contributed by atoms with Crippen LogP contribution >= 0.6 is 11.6 Å². The van der Waals surface area contributed by atoms with Gasteiger partial charge >= 0.3 is 5.97 Å². The highest BCUT2D eigenvalue weighted by Crippen LogP contribution is 2.22. The zero-order valence-corrected chi connectivity index (χ0v) is 11.9. The Morgan fingerprint density at radius 3 is 2.30 bits per heavy atom. The third-order valence-corrected chi connectivity index (χ3v) is 3.47. The molecular weight excluding hydrogens is 278 g/mol. The van der Waals surface area contributed by atoms with E-state index in [1.165, 1.54) is 0 Å². The molecule has 1 N–H and O–H groups in total. The fourth-order valence-electron chi connectivity index (χ4n) is 2.27. The molecule has 0 atom stereocenters. The summed E-state index contributed by atoms with van der Waals surface area (Å²) >= 11 is 5.60. The second-order valence-electron chi connectivity index (χ2n) is 4.53. The Morgan fingerprint density at radius 2 is 1.80 bits per heavy atom. The minimum atomic E-state index is -0.962. The predicted octanol–water partition coefficient (Wildman–Crippen LogP) is 3.21. The molecular formula is C15H14ClNO3. The number of carbonyl (C=O) groups is 2. The van der Waals surface area contributed by atoms with Crippen LogP contribution < -0.4 is 0 Å². The quantitative estimate of drug-likeness (QED) is 0.695. The summed E-state index contributed by atoms with van der Waals surface area (Å²) in [5.41, 5.74) is 3.35. The lowest BCUT2D eigenvalue weighted by Gasteiger charge is -2.10. The zero-order valence-electron chi connectivity index (χ0n) is 11.2. The van der Waals surface area contributed by atoms with Gasteiger partial charge in [-0.2, -0.15) is 0 Å². The number of aryl methyl sites for hydroxylation is 1. The predicted molar refractivity (Wildman–Crippen MR) is 77.3 cm³/mol. The molecule has 0 spiro atoms. The number of rotatable bonds is 4. The van der Waals surface area contributed by atoms with Gasteiger partial charge in [-0.3, -0.25) is 4.79 Å². The molecule has 0 bridgehead atoms. The number of nitrogens with zero attached hydrogens (tertiary/aromatic N) is 1. The number of aromatic nitrogens is 1. The molecule has 2 aromatic rings. The van der Waals surface area contributed by atoms with Crippen LogP contribution in [0.3, 0.4) is 0 Å². The number of benzene rings is 1. The van der Waals surface area contributed by atoms with Gasteiger partial charge < -0.3 is 9.67 Å². The van der Waals surface area contributed by atoms with E-state index >= 15 is 0 Å². The van der Waals surface area contributed by atoms with Gasteiger partial charge in [0.1, 0.15) is 0 Å². The Kier molecular flexibility index (Phi) is 3.95. The average Bonchev–Trinajstić information content (AvgIpc) is 2.73. The van der Waals surface area contributed by atoms with Gasteiger partial charge in [-0.1, -0.05) is 0 Å². The molecule has 0 aliphatic carbocycles. The molecule has 1 aromatic carbocycles. The van der Waals surface area contributed by atoms with Gasteiger partial charge in [0.2, 0.25) is 0 Å². The lowest BCUT2D eigenvalue weighted by Crippen LogP contribution is -2.04. The summed E-state index contributed by atoms with van der Waals surface area (Å²) in [6.45, 7) is 3.74. The van der Waals surface area contributed by atoms with Gasteiger partial charge in [0.15, 0.2) is 5.78 Å². The molecule has 104 valence electrons. The van der Waals surface area contributed by atoms with E-state index in [0.29, 0.717) is 5.56 Å². The number of carboxylic acid groups (broad SMARTS) is 1. The van der Waals surface area contributed by atoms with E-state index in [-0.39, 0.29) is 17.2 Å². The molecule has 5 heteroatoms. The highest BCUT2D eigenvalue weighted by Gasteiger charge is 2.16. The summed E-state index contributed by atoms with van der Waals surface area (Å²) in [6, 6.07) is 8.32. The van der Waals surface area contributed by atoms with Gasteiger partial charge in [0.25, 0.3) is 0 Å². The third-order valence-electron chi connectivity index (χ3n) is 3.23. The van der Waals surface area contributed by atoms with Crippen LogP contribution in [0.15, 0.2) is 30.3 Å². The molecule has 0 aliphatic heterocycles. The maximum Gasteiger partial charge on any atom is 0.335 e. The van der Waals surface area contributed by atoms with E-state index in [2.05, 4.69) is 0 Å². The van der Waals surface area contributed by atoms with Crippen molar-refractivity contribution in [1.29, 1.82) is 0 Å². The van der Waals surface area contributed by atoms with Crippen LogP contribution in [-0.4, -0.2) is 27.3 Å². The lowest BCUT2D eigenvalue weighted by atomic mass is 10.2. The summed E-state index contributed by atoms with van der Waals surface area (Å²) in [7, 11) is 0. The van der Waals surface area contributed by atoms with Crippen LogP contribution in [0.4, 0.5) is 0 Å². The summed E-state index contributed by atoms with van der Waals surface area (Å²) in [6.07, 6.45) is 0. The molecule has 20 heavy (non-hydrogen) atoms. The van der Waals surface area contributed by atoms with E-state index in [9.17, 15) is 9.59 Å². The fraction of sp³-hybridized carbons (Fsp3) is 0.200. The van der Waals surface area contributed by atoms with E-state index < -0.39 is 5.97 Å². The van der Waals surface area contributed by atoms with Crippen molar-refractivity contribution >= 4 is 23.4 Å². The first-order chi connectivity index (χ1) is 9.45. The number of ketones is 1. The Hall–Kier alpha value is -2.07. The second-order valence-corrected chi connectivity index (χ2v) is 4.80. The molecule has 0 saturated heterocycles. The molecule has 0 fully saturated rings. The average molecular weight is 292 g/mol. The SMILES string of the molecule is Cc1cc(C(=O)CCl)c(C)n1-c1ccc(C(=O)O)cc1. The number of carboxylic acids is 1. The first-order valence-corrected chi connectivity index (χ1v) is 6.61. The van der Waals surface area contributed by atoms with E-state index in [4.69, 9.17) is 16.7 Å². The number of halogens is 1. The molecule has 2 rings (SSSR count). The molecule has 1 aromatic heterocycles. The number of Topliss-reactive ketones (excluding diaryl/α,β-unsaturated/α-hetero) is 1. The lowest BCUT2D eigenvalue weighted by molar-refractivity contribution is 0.0696. The molecule has 0 radical (unpaired) electrons. The highest BCUT2D eigenvalue weighted by atomic mass is 35.5. The van der Waals surface area contributed by atoms with Crippen molar-refractivity contribution in [2.75, 3.05) is 5.88 Å². The number of aromatic carboxylic acids is 1. The molecule has 4 nitrogen and oxygen atoms in total. The van der Waals surface area contributed by atoms with Gasteiger partial charge in [-0.15, -0.1) is 11.6 Å². The van der Waals surface area contributed by atoms with Crippen molar-refractivity contribution in [3.05, 3.63) is 52.8 Å². The Labute approximate surface area is 121 Å². The van der Waals surface area contributed by atoms with Crippen molar-refractivity contribution < 1.29 is 14.7 Å². The van der Waals surface area contributed by atoms with Crippen LogP contribution in [0.2, 0.25) is 0 Å². The van der Waals surface area contributed by atoms with E-state index in [0.717, 1.165) is 17.1 Å². The minimum absolute atomic E-state index is 0.0533. The summed E-state index contributed by atoms with van der Waals surface area (Å²) in [5.74, 6) is -1.13. The van der Waals surface area contributed by atoms with Gasteiger partial charge in [0, 0.05) is 22.6 Å². The largest absolute Gasteiger partial charge is 0.478 e. The van der Waals surface area contributed by atoms with Gasteiger partial charge in [-0.05, 0) is 44.2 Å². The van der Waals surface area contributed by atoms with Gasteiger partial charge in [-0.25, -0.2) is 4.79 Å². The number of hydrogen-bond acceptors (Lipinski definition) is 2. The highest BCUT2D eigenvalue weighted by molar-refractivity contribution is 6.30. The molecule has 0 aliphatic rings. The third kappa shape index (κ3) is 2.47. The Balaban J connectivity index is 2.50. The zero-order chi connectivity index (χ0) is 14.9. The summed E-state index contributed by atoms with van der Waals surface area (Å²) in [4.78, 5) is 22.6. The number of carbonyl (C=O) groups excluding carboxylic acids is 1. The Morgan fingerprint density at radius 1 is 1.20 bits per heavy atom. The van der Waals surface area contributed by atoms with E-state index in [1.54, 1.807) is 30.3 Å². The monoisotopic (exact) mass is 291 g/mol. The number of alkyl halides is 1. The molecule has 1 heterocycles. The maximum absolute atomic E-state index is 11.8. The van der Waals surface area contributed by atoms with Crippen molar-refractivity contribution in [3.63, 3.8) is 0 Å². The van der Waals surface area contributed by atoms with Crippen molar-refractivity contribution in [2.24, 2.45) is 0 Å². The summed E-state index contributed by atoms with van der Waals surface area (Å²) in [5, 5.41) is 8.90. The maximum atomic E-state index is 11.8. The topological polar surface area (TPSA) is 59.3 Å². The van der Waals surface area contributed by atoms with Crippen molar-refractivity contribution in [3.8, 4) is 5.69 Å². The van der Waals surface area contributed by atoms with Crippen LogP contribution in [0, 0.1) is 13.8 Å². The van der Waals surface area contributed by atoms with Crippen molar-refractivity contribution in [1.82, 2.24) is 4.57 Å². The standard InChI is InChI=1S/C15H14ClNO3/c1-9-7-13(14(18)8-16)10(2)17(9)12-5-3-11(4-6-12)15(19)20/h3-7H,8H2,1-2H3,(H,19,20). The Bertz CT molecular complexity index is 671. The van der Waals surface area contributed by atoms with Gasteiger partial charge in [0.05, 0.1) is 11.4 Å². The van der Waals surface area contributed by atoms with E-state index in [1.807, 2.05) is 18.4 Å². The summed E-state index contributed by atoms with van der Waals surface area (Å²) < 4.78 is 1.91. The van der Waals surface area contributed by atoms with Crippen molar-refractivity contribution in [2.45, 2.75) is 13.8 Å².